The van der Waals surface area contributed by atoms with Gasteiger partial charge in [0.1, 0.15) is 0 Å². The topological polar surface area (TPSA) is 42.6 Å². The third-order valence-corrected chi connectivity index (χ3v) is 9.83. The average Bonchev–Trinajstić information content (AvgIpc) is 3.09. The molecule has 8 rings (SSSR count). The number of allylic oxidation sites excluding steroid dienone is 2. The molecule has 4 nitrogen and oxygen atoms in total. The van der Waals surface area contributed by atoms with Gasteiger partial charge in [0.2, 0.25) is 0 Å². The minimum atomic E-state index is 0. The van der Waals surface area contributed by atoms with Crippen molar-refractivity contribution < 1.29 is 20.1 Å². The summed E-state index contributed by atoms with van der Waals surface area (Å²) in [6.45, 7) is 6.42. The average molecular weight is 811 g/mol. The molecular formula is C43H46IrN4-2. The van der Waals surface area contributed by atoms with Crippen molar-refractivity contribution in [3.63, 3.8) is 0 Å². The van der Waals surface area contributed by atoms with Crippen LogP contribution in [0, 0.1) is 13.0 Å². The van der Waals surface area contributed by atoms with Crippen LogP contribution in [0.15, 0.2) is 102 Å². The van der Waals surface area contributed by atoms with Crippen LogP contribution < -0.4 is 4.90 Å². The van der Waals surface area contributed by atoms with Gasteiger partial charge in [0.25, 0.3) is 0 Å². The number of hydrogen-bond donors (Lipinski definition) is 0. The minimum Gasteiger partial charge on any atom is -0.685 e. The van der Waals surface area contributed by atoms with Crippen LogP contribution in [0.2, 0.25) is 0 Å². The summed E-state index contributed by atoms with van der Waals surface area (Å²) in [5.41, 5.74) is 9.11. The molecule has 0 spiro atoms. The Morgan fingerprint density at radius 2 is 1.52 bits per heavy atom. The van der Waals surface area contributed by atoms with E-state index in [1.165, 1.54) is 103 Å². The van der Waals surface area contributed by atoms with E-state index in [9.17, 15) is 0 Å². The quantitative estimate of drug-likeness (QED) is 0.129. The predicted octanol–water partition coefficient (Wildman–Crippen LogP) is 12.3. The molecule has 0 amide bonds. The standard InChI is InChI=1S/C26H17N2.C17H29N2.Ir/c1-17-13-20-11-12-27-26-22-15-18-7-5-6-8-19(18)16-23(22)28(24(14-17)25(20)26)21-9-3-2-4-10-21;1-14(18-16-9-5-3-6-10-16)13-15(2)19-17-11-7-4-8-12-17;/h2-14,16H,1H3;13,16-17H,3-12H2,1-2H3;/q2*-1;/b;14-13-,19-15?;. The molecule has 2 heterocycles. The number of aryl methyl sites for hydroxylation is 1. The first-order valence-electron chi connectivity index (χ1n) is 17.7. The van der Waals surface area contributed by atoms with E-state index in [-0.39, 0.29) is 20.1 Å². The summed E-state index contributed by atoms with van der Waals surface area (Å²) in [7, 11) is 0. The first-order valence-corrected chi connectivity index (χ1v) is 17.7. The number of rotatable bonds is 5. The second kappa shape index (κ2) is 15.6. The normalized spacial score (nSPS) is 16.9. The van der Waals surface area contributed by atoms with Crippen LogP contribution in [0.3, 0.4) is 0 Å². The summed E-state index contributed by atoms with van der Waals surface area (Å²) in [5, 5.41) is 9.56. The molecule has 1 radical (unpaired) electrons. The van der Waals surface area contributed by atoms with Crippen molar-refractivity contribution in [3.8, 4) is 11.3 Å². The number of anilines is 3. The molecule has 48 heavy (non-hydrogen) atoms. The van der Waals surface area contributed by atoms with E-state index in [1.807, 2.05) is 6.20 Å². The first-order chi connectivity index (χ1) is 23.0. The van der Waals surface area contributed by atoms with E-state index < -0.39 is 0 Å². The van der Waals surface area contributed by atoms with Gasteiger partial charge < -0.3 is 10.2 Å². The Labute approximate surface area is 300 Å². The van der Waals surface area contributed by atoms with Crippen LogP contribution >= 0.6 is 0 Å². The van der Waals surface area contributed by atoms with Gasteiger partial charge in [-0.1, -0.05) is 124 Å². The molecule has 5 heteroatoms. The molecule has 249 valence electrons. The van der Waals surface area contributed by atoms with Gasteiger partial charge in [-0.2, -0.15) is 5.70 Å². The Balaban J connectivity index is 0.000000177. The van der Waals surface area contributed by atoms with Crippen molar-refractivity contribution >= 4 is 44.3 Å². The summed E-state index contributed by atoms with van der Waals surface area (Å²) >= 11 is 0. The largest absolute Gasteiger partial charge is 0.685 e. The van der Waals surface area contributed by atoms with Crippen molar-refractivity contribution in [2.75, 3.05) is 4.90 Å². The van der Waals surface area contributed by atoms with Crippen LogP contribution in [0.25, 0.3) is 38.1 Å². The van der Waals surface area contributed by atoms with E-state index in [2.05, 4.69) is 117 Å². The van der Waals surface area contributed by atoms with Crippen molar-refractivity contribution in [1.82, 2.24) is 4.98 Å². The second-order valence-electron chi connectivity index (χ2n) is 13.6. The van der Waals surface area contributed by atoms with Gasteiger partial charge in [0.05, 0.1) is 6.04 Å². The van der Waals surface area contributed by atoms with Crippen molar-refractivity contribution in [2.24, 2.45) is 4.99 Å². The Morgan fingerprint density at radius 3 is 2.29 bits per heavy atom. The van der Waals surface area contributed by atoms with Gasteiger partial charge in [-0.15, -0.1) is 23.6 Å². The number of benzene rings is 4. The third-order valence-electron chi connectivity index (χ3n) is 9.83. The molecule has 0 unspecified atom stereocenters. The number of aromatic nitrogens is 1. The fourth-order valence-corrected chi connectivity index (χ4v) is 7.68. The molecule has 0 saturated heterocycles. The molecule has 4 aromatic carbocycles. The van der Waals surface area contributed by atoms with Gasteiger partial charge in [0, 0.05) is 49.1 Å². The van der Waals surface area contributed by atoms with Gasteiger partial charge in [-0.05, 0) is 73.0 Å². The fourth-order valence-electron chi connectivity index (χ4n) is 7.68. The predicted molar refractivity (Wildman–Crippen MR) is 200 cm³/mol. The van der Waals surface area contributed by atoms with Gasteiger partial charge in [0.15, 0.2) is 0 Å². The van der Waals surface area contributed by atoms with E-state index in [0.29, 0.717) is 12.1 Å². The van der Waals surface area contributed by atoms with Crippen LogP contribution in [0.5, 0.6) is 0 Å². The molecule has 5 aromatic rings. The summed E-state index contributed by atoms with van der Waals surface area (Å²) in [6, 6.07) is 32.6. The fraction of sp³-hybridized carbons (Fsp3) is 0.349. The molecular weight excluding hydrogens is 765 g/mol. The molecule has 3 aliphatic rings. The van der Waals surface area contributed by atoms with Crippen LogP contribution in [0.1, 0.15) is 83.6 Å². The SMILES string of the molecule is CC(/C=C(/C)[N-]C1CCCCC1)=NC1CCCCC1.Cc1cc2c3c(nccc3c1)-c1[c-]c3ccccc3cc1N2c1ccccc1.[Ir]. The third kappa shape index (κ3) is 7.59. The monoisotopic (exact) mass is 811 g/mol. The van der Waals surface area contributed by atoms with Crippen LogP contribution in [-0.2, 0) is 20.1 Å². The Morgan fingerprint density at radius 1 is 0.812 bits per heavy atom. The maximum Gasteiger partial charge on any atom is 0.0502 e. The summed E-state index contributed by atoms with van der Waals surface area (Å²) < 4.78 is 0. The Hall–Kier alpha value is -3.79. The van der Waals surface area contributed by atoms with E-state index in [4.69, 9.17) is 15.3 Å². The number of para-hydroxylation sites is 1. The first kappa shape index (κ1) is 34.1. The summed E-state index contributed by atoms with van der Waals surface area (Å²) in [4.78, 5) is 12.0. The van der Waals surface area contributed by atoms with E-state index >= 15 is 0 Å². The molecule has 2 fully saturated rings. The molecule has 0 atom stereocenters. The van der Waals surface area contributed by atoms with E-state index in [1.54, 1.807) is 0 Å². The molecule has 0 bridgehead atoms. The number of pyridine rings is 1. The maximum atomic E-state index is 4.85. The maximum absolute atomic E-state index is 4.85. The second-order valence-corrected chi connectivity index (χ2v) is 13.6. The minimum absolute atomic E-state index is 0. The number of aliphatic imine (C=N–C) groups is 1. The van der Waals surface area contributed by atoms with Gasteiger partial charge in [-0.25, -0.2) is 0 Å². The Bertz CT molecular complexity index is 1920. The van der Waals surface area contributed by atoms with E-state index in [0.717, 1.165) is 28.0 Å². The zero-order chi connectivity index (χ0) is 32.2. The smallest absolute Gasteiger partial charge is 0.0502 e. The summed E-state index contributed by atoms with van der Waals surface area (Å²) in [6.07, 6.45) is 17.4. The Kier molecular flexibility index (Phi) is 11.1. The zero-order valence-electron chi connectivity index (χ0n) is 28.5. The molecule has 0 N–H and O–H groups in total. The van der Waals surface area contributed by atoms with Crippen molar-refractivity contribution in [3.05, 3.63) is 114 Å². The zero-order valence-corrected chi connectivity index (χ0v) is 30.9. The van der Waals surface area contributed by atoms with Crippen LogP contribution in [-0.4, -0.2) is 22.8 Å². The molecule has 1 aromatic heterocycles. The number of fused-ring (bicyclic) bond motifs is 3. The van der Waals surface area contributed by atoms with Crippen molar-refractivity contribution in [2.45, 2.75) is 97.1 Å². The number of hydrogen-bond acceptors (Lipinski definition) is 3. The van der Waals surface area contributed by atoms with Gasteiger partial charge >= 0.3 is 0 Å². The molecule has 1 aliphatic heterocycles. The molecule has 2 aliphatic carbocycles. The van der Waals surface area contributed by atoms with Crippen LogP contribution in [0.4, 0.5) is 17.1 Å². The van der Waals surface area contributed by atoms with Crippen molar-refractivity contribution in [1.29, 1.82) is 0 Å². The van der Waals surface area contributed by atoms with Gasteiger partial charge in [-0.3, -0.25) is 9.98 Å². The summed E-state index contributed by atoms with van der Waals surface area (Å²) in [5.74, 6) is 0. The number of nitrogens with zero attached hydrogens (tertiary/aromatic N) is 4. The molecule has 2 saturated carbocycles.